The van der Waals surface area contributed by atoms with Gasteiger partial charge in [0, 0.05) is 6.61 Å². The van der Waals surface area contributed by atoms with Crippen molar-refractivity contribution in [3.8, 4) is 0 Å². The van der Waals surface area contributed by atoms with Gasteiger partial charge in [-0.2, -0.15) is 0 Å². The van der Waals surface area contributed by atoms with Crippen molar-refractivity contribution >= 4 is 11.6 Å². The number of aromatic nitrogens is 2. The molecule has 1 atom stereocenters. The summed E-state index contributed by atoms with van der Waals surface area (Å²) in [6.45, 7) is 4.91. The van der Waals surface area contributed by atoms with Crippen molar-refractivity contribution in [2.45, 2.75) is 45.1 Å². The molecule has 2 heterocycles. The standard InChI is InChI=1S/C13H19ClN2O3/c1-3-5-9-10(14)15-12(18)16(11(9)17)13(2)6-4-7-19-8-13/h3-8H2,1-2H3,(H,15,18). The molecule has 6 heteroatoms. The highest BCUT2D eigenvalue weighted by atomic mass is 35.5. The van der Waals surface area contributed by atoms with Crippen LogP contribution in [-0.4, -0.2) is 22.8 Å². The van der Waals surface area contributed by atoms with Gasteiger partial charge in [-0.05, 0) is 26.2 Å². The molecule has 1 aliphatic rings. The maximum atomic E-state index is 12.5. The summed E-state index contributed by atoms with van der Waals surface area (Å²) in [6.07, 6.45) is 2.96. The Morgan fingerprint density at radius 1 is 1.47 bits per heavy atom. The number of rotatable bonds is 3. The Balaban J connectivity index is 2.60. The van der Waals surface area contributed by atoms with Gasteiger partial charge in [-0.15, -0.1) is 0 Å². The van der Waals surface area contributed by atoms with Crippen LogP contribution in [0.5, 0.6) is 0 Å². The largest absolute Gasteiger partial charge is 0.379 e. The van der Waals surface area contributed by atoms with Crippen molar-refractivity contribution in [1.29, 1.82) is 0 Å². The minimum atomic E-state index is -0.587. The lowest BCUT2D eigenvalue weighted by molar-refractivity contribution is 0.00551. The molecule has 1 aromatic rings. The molecule has 106 valence electrons. The zero-order valence-electron chi connectivity index (χ0n) is 11.3. The number of halogens is 1. The summed E-state index contributed by atoms with van der Waals surface area (Å²) in [5.41, 5.74) is -0.849. The Bertz CT molecular complexity index is 570. The fourth-order valence-corrected chi connectivity index (χ4v) is 2.86. The van der Waals surface area contributed by atoms with E-state index in [1.807, 2.05) is 13.8 Å². The summed E-state index contributed by atoms with van der Waals surface area (Å²) in [7, 11) is 0. The molecule has 1 unspecified atom stereocenters. The molecule has 0 aromatic carbocycles. The lowest BCUT2D eigenvalue weighted by atomic mass is 9.94. The summed E-state index contributed by atoms with van der Waals surface area (Å²) in [5.74, 6) is 0. The fraction of sp³-hybridized carbons (Fsp3) is 0.692. The molecule has 2 rings (SSSR count). The minimum Gasteiger partial charge on any atom is -0.379 e. The van der Waals surface area contributed by atoms with E-state index in [0.29, 0.717) is 25.2 Å². The smallest absolute Gasteiger partial charge is 0.330 e. The molecule has 1 fully saturated rings. The average Bonchev–Trinajstić information content (AvgIpc) is 2.34. The second kappa shape index (κ2) is 5.51. The Labute approximate surface area is 116 Å². The molecule has 0 aliphatic carbocycles. The summed E-state index contributed by atoms with van der Waals surface area (Å²) in [5, 5.41) is 0.161. The van der Waals surface area contributed by atoms with Crippen LogP contribution in [0.3, 0.4) is 0 Å². The van der Waals surface area contributed by atoms with Crippen LogP contribution in [-0.2, 0) is 16.7 Å². The number of aromatic amines is 1. The van der Waals surface area contributed by atoms with Crippen LogP contribution in [0.1, 0.15) is 38.7 Å². The van der Waals surface area contributed by atoms with E-state index in [4.69, 9.17) is 16.3 Å². The van der Waals surface area contributed by atoms with Crippen molar-refractivity contribution in [1.82, 2.24) is 9.55 Å². The molecule has 1 aliphatic heterocycles. The molecule has 0 amide bonds. The maximum Gasteiger partial charge on any atom is 0.330 e. The fourth-order valence-electron chi connectivity index (χ4n) is 2.60. The molecular formula is C13H19ClN2O3. The molecule has 1 aromatic heterocycles. The first kappa shape index (κ1) is 14.3. The van der Waals surface area contributed by atoms with Crippen molar-refractivity contribution in [3.05, 3.63) is 31.6 Å². The minimum absolute atomic E-state index is 0.161. The summed E-state index contributed by atoms with van der Waals surface area (Å²) in [4.78, 5) is 27.2. The van der Waals surface area contributed by atoms with E-state index in [0.717, 1.165) is 19.3 Å². The van der Waals surface area contributed by atoms with Gasteiger partial charge >= 0.3 is 5.69 Å². The van der Waals surface area contributed by atoms with Gasteiger partial charge in [0.15, 0.2) is 0 Å². The van der Waals surface area contributed by atoms with Gasteiger partial charge in [-0.25, -0.2) is 4.79 Å². The first-order valence-electron chi connectivity index (χ1n) is 6.61. The Morgan fingerprint density at radius 3 is 2.79 bits per heavy atom. The third kappa shape index (κ3) is 2.62. The number of H-pyrrole nitrogens is 1. The van der Waals surface area contributed by atoms with E-state index >= 15 is 0 Å². The lowest BCUT2D eigenvalue weighted by Gasteiger charge is -2.34. The molecule has 5 nitrogen and oxygen atoms in total. The summed E-state index contributed by atoms with van der Waals surface area (Å²) >= 11 is 5.97. The molecule has 0 radical (unpaired) electrons. The highest BCUT2D eigenvalue weighted by Gasteiger charge is 2.33. The van der Waals surface area contributed by atoms with Crippen molar-refractivity contribution < 1.29 is 4.74 Å². The molecule has 1 saturated heterocycles. The number of ether oxygens (including phenoxy) is 1. The Morgan fingerprint density at radius 2 is 2.21 bits per heavy atom. The highest BCUT2D eigenvalue weighted by Crippen LogP contribution is 2.24. The van der Waals surface area contributed by atoms with Crippen LogP contribution in [0.15, 0.2) is 9.59 Å². The normalized spacial score (nSPS) is 23.5. The molecule has 0 spiro atoms. The SMILES string of the molecule is CCCc1c(Cl)[nH]c(=O)n(C2(C)CCCOC2)c1=O. The molecular weight excluding hydrogens is 268 g/mol. The van der Waals surface area contributed by atoms with Crippen LogP contribution in [0.2, 0.25) is 5.15 Å². The average molecular weight is 287 g/mol. The van der Waals surface area contributed by atoms with Crippen LogP contribution in [0.25, 0.3) is 0 Å². The Hall–Kier alpha value is -1.07. The van der Waals surface area contributed by atoms with Crippen LogP contribution in [0, 0.1) is 0 Å². The van der Waals surface area contributed by atoms with Crippen molar-refractivity contribution in [3.63, 3.8) is 0 Å². The van der Waals surface area contributed by atoms with Gasteiger partial charge in [0.05, 0.1) is 17.7 Å². The first-order valence-corrected chi connectivity index (χ1v) is 6.99. The molecule has 0 bridgehead atoms. The predicted molar refractivity (Wildman–Crippen MR) is 74.0 cm³/mol. The molecule has 1 N–H and O–H groups in total. The van der Waals surface area contributed by atoms with Gasteiger partial charge in [0.2, 0.25) is 0 Å². The van der Waals surface area contributed by atoms with Crippen LogP contribution in [0.4, 0.5) is 0 Å². The molecule has 0 saturated carbocycles. The number of nitrogens with zero attached hydrogens (tertiary/aromatic N) is 1. The monoisotopic (exact) mass is 286 g/mol. The topological polar surface area (TPSA) is 64.1 Å². The number of hydrogen-bond acceptors (Lipinski definition) is 3. The second-order valence-electron chi connectivity index (χ2n) is 5.27. The first-order chi connectivity index (χ1) is 8.99. The number of hydrogen-bond donors (Lipinski definition) is 1. The predicted octanol–water partition coefficient (Wildman–Crippen LogP) is 1.67. The van der Waals surface area contributed by atoms with Gasteiger partial charge < -0.3 is 4.74 Å². The number of nitrogens with one attached hydrogen (secondary N) is 1. The van der Waals surface area contributed by atoms with Crippen LogP contribution < -0.4 is 11.2 Å². The second-order valence-corrected chi connectivity index (χ2v) is 5.64. The summed E-state index contributed by atoms with van der Waals surface area (Å²) < 4.78 is 6.71. The van der Waals surface area contributed by atoms with E-state index in [1.54, 1.807) is 0 Å². The quantitative estimate of drug-likeness (QED) is 0.860. The third-order valence-electron chi connectivity index (χ3n) is 3.60. The van der Waals surface area contributed by atoms with Crippen LogP contribution >= 0.6 is 11.6 Å². The van der Waals surface area contributed by atoms with Gasteiger partial charge in [-0.1, -0.05) is 24.9 Å². The zero-order chi connectivity index (χ0) is 14.0. The molecule has 19 heavy (non-hydrogen) atoms. The maximum absolute atomic E-state index is 12.5. The zero-order valence-corrected chi connectivity index (χ0v) is 12.0. The van der Waals surface area contributed by atoms with E-state index in [-0.39, 0.29) is 10.7 Å². The Kier molecular flexibility index (Phi) is 4.16. The van der Waals surface area contributed by atoms with Gasteiger partial charge in [0.1, 0.15) is 5.15 Å². The van der Waals surface area contributed by atoms with Crippen molar-refractivity contribution in [2.24, 2.45) is 0 Å². The van der Waals surface area contributed by atoms with E-state index in [1.165, 1.54) is 4.57 Å². The van der Waals surface area contributed by atoms with Crippen molar-refractivity contribution in [2.75, 3.05) is 13.2 Å². The van der Waals surface area contributed by atoms with Gasteiger partial charge in [-0.3, -0.25) is 14.3 Å². The third-order valence-corrected chi connectivity index (χ3v) is 3.93. The lowest BCUT2D eigenvalue weighted by Crippen LogP contribution is -2.52. The van der Waals surface area contributed by atoms with E-state index < -0.39 is 11.2 Å². The van der Waals surface area contributed by atoms with E-state index in [2.05, 4.69) is 4.98 Å². The van der Waals surface area contributed by atoms with E-state index in [9.17, 15) is 9.59 Å². The van der Waals surface area contributed by atoms with Gasteiger partial charge in [0.25, 0.3) is 5.56 Å². The summed E-state index contributed by atoms with van der Waals surface area (Å²) in [6, 6.07) is 0. The highest BCUT2D eigenvalue weighted by molar-refractivity contribution is 6.30.